The molecule has 0 aliphatic rings. The number of ether oxygens (including phenoxy) is 2. The quantitative estimate of drug-likeness (QED) is 0.545. The smallest absolute Gasteiger partial charge is 0.255 e. The van der Waals surface area contributed by atoms with Gasteiger partial charge in [0.2, 0.25) is 0 Å². The zero-order valence-electron chi connectivity index (χ0n) is 15.8. The Morgan fingerprint density at radius 2 is 1.89 bits per heavy atom. The summed E-state index contributed by atoms with van der Waals surface area (Å²) >= 11 is 3.37. The van der Waals surface area contributed by atoms with Crippen molar-refractivity contribution in [1.82, 2.24) is 9.78 Å². The monoisotopic (exact) mass is 443 g/mol. The van der Waals surface area contributed by atoms with E-state index in [2.05, 4.69) is 26.3 Å². The lowest BCUT2D eigenvalue weighted by molar-refractivity contribution is 0.102. The van der Waals surface area contributed by atoms with Crippen molar-refractivity contribution in [2.24, 2.45) is 0 Å². The predicted molar refractivity (Wildman–Crippen MR) is 112 cm³/mol. The van der Waals surface area contributed by atoms with Crippen LogP contribution < -0.4 is 14.8 Å². The molecule has 1 N–H and O–H groups in total. The number of rotatable bonds is 8. The van der Waals surface area contributed by atoms with Gasteiger partial charge in [-0.15, -0.1) is 0 Å². The first kappa shape index (κ1) is 19.9. The molecule has 146 valence electrons. The first-order valence-corrected chi connectivity index (χ1v) is 9.86. The van der Waals surface area contributed by atoms with E-state index in [4.69, 9.17) is 9.47 Å². The van der Waals surface area contributed by atoms with Crippen LogP contribution in [0, 0.1) is 0 Å². The summed E-state index contributed by atoms with van der Waals surface area (Å²) in [7, 11) is 0. The minimum Gasteiger partial charge on any atom is -0.490 e. The Hall–Kier alpha value is -2.80. The Labute approximate surface area is 172 Å². The molecule has 28 heavy (non-hydrogen) atoms. The van der Waals surface area contributed by atoms with E-state index in [1.54, 1.807) is 29.2 Å². The van der Waals surface area contributed by atoms with Crippen LogP contribution in [-0.4, -0.2) is 28.9 Å². The fraction of sp³-hybridized carbons (Fsp3) is 0.238. The van der Waals surface area contributed by atoms with Crippen LogP contribution in [0.2, 0.25) is 0 Å². The van der Waals surface area contributed by atoms with Gasteiger partial charge < -0.3 is 14.8 Å². The van der Waals surface area contributed by atoms with Crippen LogP contribution in [0.3, 0.4) is 0 Å². The number of carbonyl (C=O) groups excluding carboxylic acids is 1. The normalized spacial score (nSPS) is 10.5. The third kappa shape index (κ3) is 5.13. The highest BCUT2D eigenvalue weighted by Gasteiger charge is 2.10. The van der Waals surface area contributed by atoms with E-state index in [9.17, 15) is 4.79 Å². The number of halogens is 1. The zero-order chi connectivity index (χ0) is 19.9. The number of carbonyl (C=O) groups is 1. The molecule has 0 bridgehead atoms. The van der Waals surface area contributed by atoms with E-state index in [-0.39, 0.29) is 5.91 Å². The number of amides is 1. The van der Waals surface area contributed by atoms with Crippen LogP contribution in [0.25, 0.3) is 0 Å². The highest BCUT2D eigenvalue weighted by Crippen LogP contribution is 2.29. The summed E-state index contributed by atoms with van der Waals surface area (Å²) in [6, 6.07) is 13.1. The van der Waals surface area contributed by atoms with E-state index in [1.807, 2.05) is 44.2 Å². The molecule has 3 aromatic rings. The van der Waals surface area contributed by atoms with Crippen LogP contribution >= 0.6 is 15.9 Å². The Bertz CT molecular complexity index is 956. The number of hydrogen-bond donors (Lipinski definition) is 1. The maximum absolute atomic E-state index is 12.4. The summed E-state index contributed by atoms with van der Waals surface area (Å²) in [5.41, 5.74) is 2.25. The summed E-state index contributed by atoms with van der Waals surface area (Å²) in [5.74, 6) is 1.27. The molecular formula is C21H22BrN3O3. The molecular weight excluding hydrogens is 422 g/mol. The first-order valence-electron chi connectivity index (χ1n) is 9.07. The number of benzene rings is 2. The first-order chi connectivity index (χ1) is 13.6. The van der Waals surface area contributed by atoms with Gasteiger partial charge in [0.1, 0.15) is 0 Å². The molecule has 3 rings (SSSR count). The summed E-state index contributed by atoms with van der Waals surface area (Å²) < 4.78 is 13.9. The summed E-state index contributed by atoms with van der Waals surface area (Å²) in [6.07, 6.45) is 3.43. The second kappa shape index (κ2) is 9.41. The lowest BCUT2D eigenvalue weighted by Gasteiger charge is -2.12. The Kier molecular flexibility index (Phi) is 6.71. The molecule has 0 spiro atoms. The van der Waals surface area contributed by atoms with Gasteiger partial charge in [0.25, 0.3) is 5.91 Å². The summed E-state index contributed by atoms with van der Waals surface area (Å²) in [5, 5.41) is 7.19. The molecule has 1 aromatic heterocycles. The Morgan fingerprint density at radius 1 is 1.11 bits per heavy atom. The Balaban J connectivity index is 1.69. The van der Waals surface area contributed by atoms with Crippen molar-refractivity contribution in [2.75, 3.05) is 18.5 Å². The lowest BCUT2D eigenvalue weighted by Crippen LogP contribution is -2.11. The van der Waals surface area contributed by atoms with Gasteiger partial charge in [-0.05, 0) is 49.7 Å². The highest BCUT2D eigenvalue weighted by atomic mass is 79.9. The second-order valence-electron chi connectivity index (χ2n) is 6.04. The zero-order valence-corrected chi connectivity index (χ0v) is 17.4. The topological polar surface area (TPSA) is 65.4 Å². The van der Waals surface area contributed by atoms with Crippen molar-refractivity contribution in [3.05, 3.63) is 70.5 Å². The fourth-order valence-corrected chi connectivity index (χ4v) is 3.13. The van der Waals surface area contributed by atoms with Gasteiger partial charge in [-0.1, -0.05) is 28.1 Å². The third-order valence-corrected chi connectivity index (χ3v) is 4.42. The number of aromatic nitrogens is 2. The minimum absolute atomic E-state index is 0.180. The average molecular weight is 444 g/mol. The average Bonchev–Trinajstić information content (AvgIpc) is 3.11. The molecule has 2 aromatic carbocycles. The van der Waals surface area contributed by atoms with Crippen LogP contribution in [0.1, 0.15) is 29.8 Å². The van der Waals surface area contributed by atoms with E-state index in [1.165, 1.54) is 0 Å². The second-order valence-corrected chi connectivity index (χ2v) is 6.95. The molecule has 0 atom stereocenters. The van der Waals surface area contributed by atoms with Gasteiger partial charge >= 0.3 is 0 Å². The number of nitrogens with one attached hydrogen (secondary N) is 1. The SMILES string of the molecule is CCOc1ccc(Cn2cc(NC(=O)c3cccc(Br)c3)cn2)cc1OCC. The highest BCUT2D eigenvalue weighted by molar-refractivity contribution is 9.10. The molecule has 0 fully saturated rings. The predicted octanol–water partition coefficient (Wildman–Crippen LogP) is 4.74. The molecule has 0 saturated carbocycles. The maximum atomic E-state index is 12.4. The van der Waals surface area contributed by atoms with Crippen molar-refractivity contribution in [3.63, 3.8) is 0 Å². The molecule has 0 saturated heterocycles. The van der Waals surface area contributed by atoms with E-state index >= 15 is 0 Å². The third-order valence-electron chi connectivity index (χ3n) is 3.93. The maximum Gasteiger partial charge on any atom is 0.255 e. The van der Waals surface area contributed by atoms with Crippen molar-refractivity contribution in [3.8, 4) is 11.5 Å². The van der Waals surface area contributed by atoms with Gasteiger partial charge in [0.05, 0.1) is 31.6 Å². The largest absolute Gasteiger partial charge is 0.490 e. The summed E-state index contributed by atoms with van der Waals surface area (Å²) in [6.45, 7) is 5.59. The van der Waals surface area contributed by atoms with Gasteiger partial charge in [-0.3, -0.25) is 9.48 Å². The van der Waals surface area contributed by atoms with Crippen LogP contribution in [0.4, 0.5) is 5.69 Å². The standard InChI is InChI=1S/C21H22BrN3O3/c1-3-27-19-9-8-15(10-20(19)28-4-2)13-25-14-18(12-23-25)24-21(26)16-6-5-7-17(22)11-16/h5-12,14H,3-4,13H2,1-2H3,(H,24,26). The van der Waals surface area contributed by atoms with Crippen molar-refractivity contribution in [1.29, 1.82) is 0 Å². The number of hydrogen-bond acceptors (Lipinski definition) is 4. The molecule has 0 radical (unpaired) electrons. The van der Waals surface area contributed by atoms with Crippen molar-refractivity contribution >= 4 is 27.5 Å². The van der Waals surface area contributed by atoms with E-state index < -0.39 is 0 Å². The summed E-state index contributed by atoms with van der Waals surface area (Å²) in [4.78, 5) is 12.4. The van der Waals surface area contributed by atoms with Crippen LogP contribution in [0.5, 0.6) is 11.5 Å². The molecule has 1 amide bonds. The van der Waals surface area contributed by atoms with Crippen LogP contribution in [0.15, 0.2) is 59.3 Å². The van der Waals surface area contributed by atoms with Gasteiger partial charge in [-0.2, -0.15) is 5.10 Å². The van der Waals surface area contributed by atoms with E-state index in [0.29, 0.717) is 31.0 Å². The van der Waals surface area contributed by atoms with Gasteiger partial charge in [-0.25, -0.2) is 0 Å². The number of anilines is 1. The van der Waals surface area contributed by atoms with Gasteiger partial charge in [0, 0.05) is 16.2 Å². The minimum atomic E-state index is -0.180. The van der Waals surface area contributed by atoms with Gasteiger partial charge in [0.15, 0.2) is 11.5 Å². The van der Waals surface area contributed by atoms with Crippen LogP contribution in [-0.2, 0) is 6.54 Å². The lowest BCUT2D eigenvalue weighted by atomic mass is 10.2. The Morgan fingerprint density at radius 3 is 2.64 bits per heavy atom. The molecule has 0 unspecified atom stereocenters. The molecule has 1 heterocycles. The number of nitrogens with zero attached hydrogens (tertiary/aromatic N) is 2. The molecule has 7 heteroatoms. The van der Waals surface area contributed by atoms with E-state index in [0.717, 1.165) is 21.5 Å². The molecule has 0 aliphatic carbocycles. The fourth-order valence-electron chi connectivity index (χ4n) is 2.73. The molecule has 0 aliphatic heterocycles. The van der Waals surface area contributed by atoms with Crippen molar-refractivity contribution < 1.29 is 14.3 Å². The molecule has 6 nitrogen and oxygen atoms in total. The van der Waals surface area contributed by atoms with Crippen molar-refractivity contribution in [2.45, 2.75) is 20.4 Å².